The lowest BCUT2D eigenvalue weighted by Crippen LogP contribution is -2.13. The second-order valence-electron chi connectivity index (χ2n) is 10.3. The first-order valence-corrected chi connectivity index (χ1v) is 13.6. The van der Waals surface area contributed by atoms with Gasteiger partial charge < -0.3 is 9.47 Å². The maximum atomic E-state index is 12.5. The molecule has 0 aliphatic carbocycles. The molecule has 6 aromatic rings. The maximum Gasteiger partial charge on any atom is 0.519 e. The monoisotopic (exact) mass is 522 g/mol. The molecule has 0 spiro atoms. The van der Waals surface area contributed by atoms with Crippen LogP contribution in [0.4, 0.5) is 4.79 Å². The molecule has 0 amide bonds. The van der Waals surface area contributed by atoms with Crippen molar-refractivity contribution in [2.24, 2.45) is 0 Å². The Morgan fingerprint density at radius 3 is 1.32 bits per heavy atom. The Balaban J connectivity index is 1.09. The Labute approximate surface area is 234 Å². The number of carbonyl (C=O) groups is 1. The highest BCUT2D eigenvalue weighted by Crippen LogP contribution is 2.27. The Bertz CT molecular complexity index is 1680. The Kier molecular flexibility index (Phi) is 7.03. The van der Waals surface area contributed by atoms with Crippen LogP contribution in [0.15, 0.2) is 121 Å². The summed E-state index contributed by atoms with van der Waals surface area (Å²) in [5.41, 5.74) is 7.45. The van der Waals surface area contributed by atoms with Gasteiger partial charge in [-0.05, 0) is 106 Å². The third kappa shape index (κ3) is 5.45. The van der Waals surface area contributed by atoms with E-state index in [4.69, 9.17) is 9.47 Å². The van der Waals surface area contributed by atoms with E-state index in [2.05, 4.69) is 86.6 Å². The summed E-state index contributed by atoms with van der Waals surface area (Å²) in [5.74, 6) is 0.901. The van der Waals surface area contributed by atoms with Crippen LogP contribution in [0.5, 0.6) is 11.5 Å². The topological polar surface area (TPSA) is 35.5 Å². The van der Waals surface area contributed by atoms with Crippen LogP contribution in [0.25, 0.3) is 21.5 Å². The number of fused-ring (bicyclic) bond motifs is 2. The molecule has 40 heavy (non-hydrogen) atoms. The van der Waals surface area contributed by atoms with Crippen molar-refractivity contribution in [2.75, 3.05) is 0 Å². The van der Waals surface area contributed by atoms with E-state index in [1.807, 2.05) is 48.5 Å². The van der Waals surface area contributed by atoms with Crippen molar-refractivity contribution in [3.05, 3.63) is 155 Å². The molecule has 3 nitrogen and oxygen atoms in total. The summed E-state index contributed by atoms with van der Waals surface area (Å²) < 4.78 is 10.9. The molecule has 0 unspecified atom stereocenters. The van der Waals surface area contributed by atoms with E-state index in [0.717, 1.165) is 24.0 Å². The molecule has 0 heterocycles. The average Bonchev–Trinajstić information content (AvgIpc) is 2.98. The molecule has 0 radical (unpaired) electrons. The first-order valence-electron chi connectivity index (χ1n) is 13.6. The number of hydrogen-bond acceptors (Lipinski definition) is 3. The minimum absolute atomic E-state index is 0.450. The number of rotatable bonds is 6. The van der Waals surface area contributed by atoms with Gasteiger partial charge in [0.05, 0.1) is 0 Å². The lowest BCUT2D eigenvalue weighted by molar-refractivity contribution is 0.152. The molecule has 0 fully saturated rings. The quantitative estimate of drug-likeness (QED) is 0.161. The highest BCUT2D eigenvalue weighted by atomic mass is 16.7. The van der Waals surface area contributed by atoms with E-state index in [0.29, 0.717) is 11.5 Å². The van der Waals surface area contributed by atoms with E-state index in [9.17, 15) is 4.79 Å². The molecule has 0 saturated carbocycles. The molecule has 0 aliphatic heterocycles. The molecule has 0 aromatic heterocycles. The third-order valence-corrected chi connectivity index (χ3v) is 7.56. The van der Waals surface area contributed by atoms with Gasteiger partial charge in [-0.2, -0.15) is 0 Å². The summed E-state index contributed by atoms with van der Waals surface area (Å²) >= 11 is 0. The van der Waals surface area contributed by atoms with Gasteiger partial charge in [-0.15, -0.1) is 0 Å². The predicted molar refractivity (Wildman–Crippen MR) is 163 cm³/mol. The molecule has 6 rings (SSSR count). The highest BCUT2D eigenvalue weighted by Gasteiger charge is 2.11. The fraction of sp³-hybridized carbons (Fsp3) is 0.108. The minimum Gasteiger partial charge on any atom is -0.395 e. The molecule has 0 N–H and O–H groups in total. The van der Waals surface area contributed by atoms with Crippen molar-refractivity contribution in [3.63, 3.8) is 0 Å². The smallest absolute Gasteiger partial charge is 0.395 e. The number of hydrogen-bond donors (Lipinski definition) is 0. The maximum absolute atomic E-state index is 12.5. The minimum atomic E-state index is -0.754. The SMILES string of the molecule is Cc1ccc2ccccc2c1Cc1ccc(OC(=O)Oc2ccc(Cc3c(C)ccc4ccccc34)cc2)cc1. The Morgan fingerprint density at radius 2 is 0.900 bits per heavy atom. The lowest BCUT2D eigenvalue weighted by Gasteiger charge is -2.12. The van der Waals surface area contributed by atoms with Gasteiger partial charge in [0.15, 0.2) is 0 Å². The van der Waals surface area contributed by atoms with Crippen molar-refractivity contribution in [1.82, 2.24) is 0 Å². The van der Waals surface area contributed by atoms with Gasteiger partial charge in [-0.1, -0.05) is 97.1 Å². The zero-order valence-electron chi connectivity index (χ0n) is 22.7. The molecule has 196 valence electrons. The molecule has 6 aromatic carbocycles. The van der Waals surface area contributed by atoms with Gasteiger partial charge in [0.2, 0.25) is 0 Å². The summed E-state index contributed by atoms with van der Waals surface area (Å²) in [4.78, 5) is 12.5. The lowest BCUT2D eigenvalue weighted by atomic mass is 9.94. The van der Waals surface area contributed by atoms with Gasteiger partial charge in [-0.3, -0.25) is 0 Å². The van der Waals surface area contributed by atoms with E-state index >= 15 is 0 Å². The summed E-state index contributed by atoms with van der Waals surface area (Å²) in [6, 6.07) is 40.8. The largest absolute Gasteiger partial charge is 0.519 e. The van der Waals surface area contributed by atoms with E-state index in [1.54, 1.807) is 0 Å². The summed E-state index contributed by atoms with van der Waals surface area (Å²) in [5, 5.41) is 5.01. The second kappa shape index (κ2) is 11.1. The molecular weight excluding hydrogens is 492 g/mol. The van der Waals surface area contributed by atoms with Crippen molar-refractivity contribution >= 4 is 27.7 Å². The summed E-state index contributed by atoms with van der Waals surface area (Å²) in [7, 11) is 0. The van der Waals surface area contributed by atoms with E-state index in [1.165, 1.54) is 43.8 Å². The van der Waals surface area contributed by atoms with Crippen LogP contribution in [0.1, 0.15) is 33.4 Å². The molecular formula is C37H30O3. The molecule has 0 bridgehead atoms. The standard InChI is InChI=1S/C37H30O3/c1-25-11-17-29-7-3-5-9-33(29)35(25)23-27-13-19-31(20-14-27)39-37(38)40-32-21-15-28(16-22-32)24-36-26(2)12-18-30-8-4-6-10-34(30)36/h3-22H,23-24H2,1-2H3. The van der Waals surface area contributed by atoms with Gasteiger partial charge in [0, 0.05) is 0 Å². The molecule has 0 saturated heterocycles. The zero-order valence-corrected chi connectivity index (χ0v) is 22.7. The normalized spacial score (nSPS) is 11.1. The van der Waals surface area contributed by atoms with Crippen LogP contribution < -0.4 is 9.47 Å². The fourth-order valence-corrected chi connectivity index (χ4v) is 5.33. The van der Waals surface area contributed by atoms with Crippen molar-refractivity contribution < 1.29 is 14.3 Å². The van der Waals surface area contributed by atoms with Crippen molar-refractivity contribution in [3.8, 4) is 11.5 Å². The Hall–Kier alpha value is -4.89. The van der Waals surface area contributed by atoms with Crippen molar-refractivity contribution in [2.45, 2.75) is 26.7 Å². The second-order valence-corrected chi connectivity index (χ2v) is 10.3. The summed E-state index contributed by atoms with van der Waals surface area (Å²) in [6.07, 6.45) is 0.862. The number of ether oxygens (including phenoxy) is 2. The van der Waals surface area contributed by atoms with Gasteiger partial charge in [-0.25, -0.2) is 4.79 Å². The van der Waals surface area contributed by atoms with Gasteiger partial charge in [0.1, 0.15) is 11.5 Å². The third-order valence-electron chi connectivity index (χ3n) is 7.56. The first kappa shape index (κ1) is 25.4. The molecule has 0 atom stereocenters. The average molecular weight is 523 g/mol. The van der Waals surface area contributed by atoms with Gasteiger partial charge >= 0.3 is 6.16 Å². The summed E-state index contributed by atoms with van der Waals surface area (Å²) in [6.45, 7) is 4.29. The zero-order chi connectivity index (χ0) is 27.5. The number of carbonyl (C=O) groups excluding carboxylic acids is 1. The van der Waals surface area contributed by atoms with Crippen LogP contribution in [-0.4, -0.2) is 6.16 Å². The highest BCUT2D eigenvalue weighted by molar-refractivity contribution is 5.88. The van der Waals surface area contributed by atoms with E-state index in [-0.39, 0.29) is 0 Å². The van der Waals surface area contributed by atoms with E-state index < -0.39 is 6.16 Å². The van der Waals surface area contributed by atoms with Crippen LogP contribution >= 0.6 is 0 Å². The van der Waals surface area contributed by atoms with Crippen LogP contribution in [0, 0.1) is 13.8 Å². The Morgan fingerprint density at radius 1 is 0.500 bits per heavy atom. The van der Waals surface area contributed by atoms with Gasteiger partial charge in [0.25, 0.3) is 0 Å². The number of aryl methyl sites for hydroxylation is 2. The van der Waals surface area contributed by atoms with Crippen LogP contribution in [-0.2, 0) is 12.8 Å². The molecule has 3 heteroatoms. The first-order chi connectivity index (χ1) is 19.5. The predicted octanol–water partition coefficient (Wildman–Crippen LogP) is 9.37. The molecule has 0 aliphatic rings. The van der Waals surface area contributed by atoms with Crippen LogP contribution in [0.2, 0.25) is 0 Å². The number of benzene rings is 6. The fourth-order valence-electron chi connectivity index (χ4n) is 5.33. The van der Waals surface area contributed by atoms with Crippen LogP contribution in [0.3, 0.4) is 0 Å². The van der Waals surface area contributed by atoms with Crippen molar-refractivity contribution in [1.29, 1.82) is 0 Å².